The average molecular weight is 596 g/mol. The number of rotatable bonds is 6. The molecule has 0 radical (unpaired) electrons. The van der Waals surface area contributed by atoms with Gasteiger partial charge >= 0.3 is 0 Å². The van der Waals surface area contributed by atoms with Gasteiger partial charge in [0.1, 0.15) is 5.75 Å². The number of hydrogen-bond acceptors (Lipinski definition) is 8. The molecule has 35 heavy (non-hydrogen) atoms. The first-order valence-electron chi connectivity index (χ1n) is 11.8. The van der Waals surface area contributed by atoms with Crippen LogP contribution >= 0.6 is 22.6 Å². The van der Waals surface area contributed by atoms with E-state index in [-0.39, 0.29) is 6.42 Å². The lowest BCUT2D eigenvalue weighted by Crippen LogP contribution is -2.74. The summed E-state index contributed by atoms with van der Waals surface area (Å²) in [6, 6.07) is 2.50. The number of ketones is 4. The Balaban J connectivity index is 1.82. The third-order valence-electron chi connectivity index (χ3n) is 7.63. The van der Waals surface area contributed by atoms with Gasteiger partial charge in [-0.25, -0.2) is 0 Å². The van der Waals surface area contributed by atoms with Gasteiger partial charge in [0.15, 0.2) is 34.7 Å². The minimum atomic E-state index is -2.65. The van der Waals surface area contributed by atoms with E-state index in [4.69, 9.17) is 10.5 Å². The van der Waals surface area contributed by atoms with Crippen molar-refractivity contribution >= 4 is 51.6 Å². The molecule has 0 saturated heterocycles. The van der Waals surface area contributed by atoms with E-state index >= 15 is 0 Å². The van der Waals surface area contributed by atoms with Crippen LogP contribution < -0.4 is 10.5 Å². The van der Waals surface area contributed by atoms with Gasteiger partial charge in [0.05, 0.1) is 24.1 Å². The van der Waals surface area contributed by atoms with Crippen molar-refractivity contribution in [2.24, 2.45) is 29.4 Å². The SMILES string of the molecule is CCCCOc1ccc(I)c2c1C(=O)C1C(=O)C3(O)C(=O)C(C(N)=O)C(=O)C(N(C)C)C3CC1C2. The lowest BCUT2D eigenvalue weighted by Gasteiger charge is -2.52. The van der Waals surface area contributed by atoms with Gasteiger partial charge in [-0.05, 0) is 79.6 Å². The Labute approximate surface area is 216 Å². The normalized spacial score (nSPS) is 32.2. The number of hydrogen-bond donors (Lipinski definition) is 2. The van der Waals surface area contributed by atoms with Crippen molar-refractivity contribution < 1.29 is 33.8 Å². The Morgan fingerprint density at radius 3 is 2.51 bits per heavy atom. The smallest absolute Gasteiger partial charge is 0.235 e. The van der Waals surface area contributed by atoms with E-state index in [0.29, 0.717) is 24.3 Å². The summed E-state index contributed by atoms with van der Waals surface area (Å²) >= 11 is 2.14. The molecule has 3 N–H and O–H groups in total. The van der Waals surface area contributed by atoms with Gasteiger partial charge in [-0.1, -0.05) is 13.3 Å². The number of primary amides is 1. The Morgan fingerprint density at radius 2 is 1.91 bits per heavy atom. The summed E-state index contributed by atoms with van der Waals surface area (Å²) in [6.07, 6.45) is 2.17. The fraction of sp³-hybridized carbons (Fsp3) is 0.560. The van der Waals surface area contributed by atoms with E-state index in [2.05, 4.69) is 22.6 Å². The van der Waals surface area contributed by atoms with Crippen LogP contribution in [0.2, 0.25) is 0 Å². The lowest BCUT2D eigenvalue weighted by molar-refractivity contribution is -0.181. The van der Waals surface area contributed by atoms with Crippen molar-refractivity contribution in [1.29, 1.82) is 0 Å². The first-order chi connectivity index (χ1) is 16.5. The number of halogens is 1. The number of carbonyl (C=O) groups is 5. The summed E-state index contributed by atoms with van der Waals surface area (Å²) in [6.45, 7) is 2.43. The predicted octanol–water partition coefficient (Wildman–Crippen LogP) is 0.945. The van der Waals surface area contributed by atoms with Crippen LogP contribution in [0.25, 0.3) is 0 Å². The van der Waals surface area contributed by atoms with Crippen LogP contribution in [0.3, 0.4) is 0 Å². The monoisotopic (exact) mass is 596 g/mol. The highest BCUT2D eigenvalue weighted by atomic mass is 127. The van der Waals surface area contributed by atoms with Crippen LogP contribution in [0.4, 0.5) is 0 Å². The van der Waals surface area contributed by atoms with Crippen molar-refractivity contribution in [3.8, 4) is 5.75 Å². The summed E-state index contributed by atoms with van der Waals surface area (Å²) in [5, 5.41) is 11.6. The molecule has 6 atom stereocenters. The highest BCUT2D eigenvalue weighted by Gasteiger charge is 2.69. The van der Waals surface area contributed by atoms with Crippen molar-refractivity contribution in [3.05, 3.63) is 26.8 Å². The lowest BCUT2D eigenvalue weighted by atomic mass is 9.52. The molecule has 0 bridgehead atoms. The fourth-order valence-corrected chi connectivity index (χ4v) is 6.67. The largest absolute Gasteiger partial charge is 0.493 e. The zero-order valence-corrected chi connectivity index (χ0v) is 22.0. The Bertz CT molecular complexity index is 1130. The number of likely N-dealkylation sites (N-methyl/N-ethyl adjacent to an activating group) is 1. The number of nitrogens with zero attached hydrogens (tertiary/aromatic N) is 1. The summed E-state index contributed by atoms with van der Waals surface area (Å²) in [7, 11) is 3.16. The Morgan fingerprint density at radius 1 is 1.23 bits per heavy atom. The first kappa shape index (κ1) is 25.9. The molecule has 3 aliphatic carbocycles. The molecule has 2 fully saturated rings. The van der Waals surface area contributed by atoms with Gasteiger partial charge in [0.25, 0.3) is 0 Å². The molecule has 3 aliphatic rings. The van der Waals surface area contributed by atoms with Crippen molar-refractivity contribution in [1.82, 2.24) is 4.90 Å². The summed E-state index contributed by atoms with van der Waals surface area (Å²) < 4.78 is 6.73. The number of ether oxygens (including phenoxy) is 1. The molecule has 0 aromatic heterocycles. The van der Waals surface area contributed by atoms with Crippen molar-refractivity contribution in [2.45, 2.75) is 44.2 Å². The standard InChI is InChI=1S/C25H29IN2O7/c1-4-5-8-35-15-7-6-14(26)12-9-11-10-13-19(28(2)3)21(30)18(24(27)33)23(32)25(13,34)22(31)16(11)20(29)17(12)15/h6-7,11,13,16,18-19,34H,4-5,8-10H2,1-3H3,(H2,27,33). The number of Topliss-reactive ketones (excluding diaryl/α,β-unsaturated/α-hetero) is 4. The zero-order valence-electron chi connectivity index (χ0n) is 19.9. The highest BCUT2D eigenvalue weighted by Crippen LogP contribution is 2.51. The van der Waals surface area contributed by atoms with Crippen molar-refractivity contribution in [2.75, 3.05) is 20.7 Å². The van der Waals surface area contributed by atoms with Gasteiger partial charge in [-0.2, -0.15) is 0 Å². The number of aliphatic hydroxyl groups is 1. The van der Waals surface area contributed by atoms with Crippen LogP contribution in [0, 0.1) is 27.2 Å². The van der Waals surface area contributed by atoms with E-state index in [0.717, 1.165) is 22.0 Å². The maximum absolute atomic E-state index is 13.8. The second kappa shape index (κ2) is 9.36. The molecule has 188 valence electrons. The topological polar surface area (TPSA) is 144 Å². The molecule has 0 spiro atoms. The van der Waals surface area contributed by atoms with Crippen LogP contribution in [-0.4, -0.2) is 71.4 Å². The highest BCUT2D eigenvalue weighted by molar-refractivity contribution is 14.1. The van der Waals surface area contributed by atoms with Gasteiger partial charge in [0.2, 0.25) is 5.91 Å². The number of unbranched alkanes of at least 4 members (excludes halogenated alkanes) is 1. The van der Waals surface area contributed by atoms with Gasteiger partial charge < -0.3 is 15.6 Å². The Hall–Kier alpha value is -2.18. The number of nitrogens with two attached hydrogens (primary N) is 1. The molecule has 2 saturated carbocycles. The third kappa shape index (κ3) is 3.84. The predicted molar refractivity (Wildman–Crippen MR) is 133 cm³/mol. The molecule has 1 aromatic rings. The number of amides is 1. The minimum Gasteiger partial charge on any atom is -0.493 e. The summed E-state index contributed by atoms with van der Waals surface area (Å²) in [4.78, 5) is 67.5. The van der Waals surface area contributed by atoms with E-state index in [1.165, 1.54) is 4.90 Å². The molecule has 6 unspecified atom stereocenters. The van der Waals surface area contributed by atoms with E-state index < -0.39 is 64.4 Å². The molecular formula is C25H29IN2O7. The van der Waals surface area contributed by atoms with E-state index in [1.54, 1.807) is 20.2 Å². The zero-order chi connectivity index (χ0) is 25.8. The molecular weight excluding hydrogens is 567 g/mol. The summed E-state index contributed by atoms with van der Waals surface area (Å²) in [5.74, 6) is -9.03. The molecule has 1 amide bonds. The summed E-state index contributed by atoms with van der Waals surface area (Å²) in [5.41, 5.74) is 3.77. The van der Waals surface area contributed by atoms with E-state index in [1.807, 2.05) is 13.0 Å². The molecule has 9 nitrogen and oxygen atoms in total. The number of fused-ring (bicyclic) bond motifs is 3. The quantitative estimate of drug-likeness (QED) is 0.281. The number of carbonyl (C=O) groups excluding carboxylic acids is 5. The van der Waals surface area contributed by atoms with Gasteiger partial charge in [-0.15, -0.1) is 0 Å². The van der Waals surface area contributed by atoms with Crippen LogP contribution in [0.15, 0.2) is 12.1 Å². The first-order valence-corrected chi connectivity index (χ1v) is 12.8. The Kier molecular flexibility index (Phi) is 6.93. The molecule has 0 aliphatic heterocycles. The number of benzene rings is 1. The van der Waals surface area contributed by atoms with E-state index in [9.17, 15) is 29.1 Å². The second-order valence-corrected chi connectivity index (χ2v) is 11.1. The fourth-order valence-electron chi connectivity index (χ4n) is 6.00. The van der Waals surface area contributed by atoms with Gasteiger partial charge in [0, 0.05) is 9.49 Å². The third-order valence-corrected chi connectivity index (χ3v) is 8.64. The van der Waals surface area contributed by atoms with Crippen LogP contribution in [0.5, 0.6) is 5.75 Å². The average Bonchev–Trinajstić information content (AvgIpc) is 2.77. The van der Waals surface area contributed by atoms with Crippen molar-refractivity contribution in [3.63, 3.8) is 0 Å². The molecule has 0 heterocycles. The molecule has 1 aromatic carbocycles. The maximum Gasteiger partial charge on any atom is 0.235 e. The minimum absolute atomic E-state index is 0.0981. The molecule has 10 heteroatoms. The van der Waals surface area contributed by atoms with Crippen LogP contribution in [-0.2, 0) is 25.6 Å². The second-order valence-electron chi connectivity index (χ2n) is 9.89. The maximum atomic E-state index is 13.8. The van der Waals surface area contributed by atoms with Crippen LogP contribution in [0.1, 0.15) is 42.1 Å². The van der Waals surface area contributed by atoms with Gasteiger partial charge in [-0.3, -0.25) is 28.9 Å². The molecule has 4 rings (SSSR count).